The van der Waals surface area contributed by atoms with E-state index in [-0.39, 0.29) is 18.5 Å². The minimum absolute atomic E-state index is 0.0590. The molecule has 5 nitrogen and oxygen atoms in total. The minimum atomic E-state index is -0.761. The average Bonchev–Trinajstić information content (AvgIpc) is 3.32. The van der Waals surface area contributed by atoms with Gasteiger partial charge in [0.2, 0.25) is 5.91 Å². The summed E-state index contributed by atoms with van der Waals surface area (Å²) < 4.78 is 0. The summed E-state index contributed by atoms with van der Waals surface area (Å²) in [6, 6.07) is 8.55. The van der Waals surface area contributed by atoms with E-state index >= 15 is 0 Å². The van der Waals surface area contributed by atoms with Gasteiger partial charge in [0.1, 0.15) is 0 Å². The number of nitrogens with one attached hydrogen (secondary N) is 1. The number of thioether (sulfide) groups is 1. The first kappa shape index (κ1) is 18.3. The van der Waals surface area contributed by atoms with Crippen LogP contribution in [0.1, 0.15) is 31.2 Å². The highest BCUT2D eigenvalue weighted by Crippen LogP contribution is 2.33. The normalized spacial score (nSPS) is 22.5. The van der Waals surface area contributed by atoms with Crippen molar-refractivity contribution >= 4 is 23.6 Å². The first-order chi connectivity index (χ1) is 12.0. The van der Waals surface area contributed by atoms with Crippen LogP contribution in [0.2, 0.25) is 0 Å². The number of carboxylic acids is 1. The van der Waals surface area contributed by atoms with Gasteiger partial charge in [-0.2, -0.15) is 0 Å². The molecule has 0 aliphatic heterocycles. The van der Waals surface area contributed by atoms with Crippen molar-refractivity contribution in [3.8, 4) is 0 Å². The van der Waals surface area contributed by atoms with Gasteiger partial charge in [0.15, 0.2) is 0 Å². The fourth-order valence-electron chi connectivity index (χ4n) is 3.28. The SMILES string of the molecule is Cc1ccccc1SCC(=O)NC1CC(N(CC(=O)O)CC2CC2)C1. The van der Waals surface area contributed by atoms with Crippen LogP contribution < -0.4 is 5.32 Å². The molecule has 2 aliphatic carbocycles. The fraction of sp³-hybridized carbons (Fsp3) is 0.579. The maximum Gasteiger partial charge on any atom is 0.317 e. The Morgan fingerprint density at radius 2 is 2.00 bits per heavy atom. The predicted molar refractivity (Wildman–Crippen MR) is 98.8 cm³/mol. The molecule has 6 heteroatoms. The molecule has 2 N–H and O–H groups in total. The zero-order valence-electron chi connectivity index (χ0n) is 14.6. The Labute approximate surface area is 153 Å². The largest absolute Gasteiger partial charge is 0.480 e. The molecule has 1 amide bonds. The number of carbonyl (C=O) groups excluding carboxylic acids is 1. The van der Waals surface area contributed by atoms with E-state index in [1.807, 2.05) is 31.2 Å². The quantitative estimate of drug-likeness (QED) is 0.661. The Bertz CT molecular complexity index is 627. The number of nitrogens with zero attached hydrogens (tertiary/aromatic N) is 1. The minimum Gasteiger partial charge on any atom is -0.480 e. The molecule has 1 aromatic rings. The van der Waals surface area contributed by atoms with Crippen molar-refractivity contribution in [3.05, 3.63) is 29.8 Å². The number of aryl methyl sites for hydroxylation is 1. The molecule has 2 fully saturated rings. The molecular weight excluding hydrogens is 336 g/mol. The highest BCUT2D eigenvalue weighted by Gasteiger charge is 2.37. The lowest BCUT2D eigenvalue weighted by atomic mass is 9.85. The summed E-state index contributed by atoms with van der Waals surface area (Å²) in [5.74, 6) is 0.400. The molecule has 2 aliphatic rings. The molecule has 1 aromatic carbocycles. The summed E-state index contributed by atoms with van der Waals surface area (Å²) in [6.45, 7) is 3.05. The summed E-state index contributed by atoms with van der Waals surface area (Å²) in [4.78, 5) is 26.4. The number of carbonyl (C=O) groups is 2. The van der Waals surface area contributed by atoms with Crippen LogP contribution in [0.4, 0.5) is 0 Å². The maximum atomic E-state index is 12.1. The predicted octanol–water partition coefficient (Wildman–Crippen LogP) is 2.53. The van der Waals surface area contributed by atoms with Crippen molar-refractivity contribution in [2.45, 2.75) is 49.6 Å². The van der Waals surface area contributed by atoms with Crippen molar-refractivity contribution in [3.63, 3.8) is 0 Å². The van der Waals surface area contributed by atoms with E-state index in [0.717, 1.165) is 24.3 Å². The average molecular weight is 362 g/mol. The summed E-state index contributed by atoms with van der Waals surface area (Å²) >= 11 is 1.56. The van der Waals surface area contributed by atoms with Gasteiger partial charge >= 0.3 is 5.97 Å². The third-order valence-electron chi connectivity index (χ3n) is 4.98. The molecule has 0 bridgehead atoms. The molecule has 0 spiro atoms. The second-order valence-corrected chi connectivity index (χ2v) is 8.23. The van der Waals surface area contributed by atoms with Gasteiger partial charge in [0.25, 0.3) is 0 Å². The number of carboxylic acid groups (broad SMARTS) is 1. The van der Waals surface area contributed by atoms with Crippen molar-refractivity contribution in [1.29, 1.82) is 0 Å². The van der Waals surface area contributed by atoms with E-state index in [2.05, 4.69) is 10.2 Å². The number of benzene rings is 1. The molecule has 2 saturated carbocycles. The van der Waals surface area contributed by atoms with Crippen LogP contribution >= 0.6 is 11.8 Å². The van der Waals surface area contributed by atoms with E-state index in [9.17, 15) is 9.59 Å². The van der Waals surface area contributed by atoms with Gasteiger partial charge in [0, 0.05) is 23.5 Å². The highest BCUT2D eigenvalue weighted by molar-refractivity contribution is 8.00. The summed E-state index contributed by atoms with van der Waals surface area (Å²) in [6.07, 6.45) is 4.17. The van der Waals surface area contributed by atoms with Crippen LogP contribution in [-0.2, 0) is 9.59 Å². The number of hydrogen-bond acceptors (Lipinski definition) is 4. The molecule has 0 atom stereocenters. The number of rotatable bonds is 9. The number of aliphatic carboxylic acids is 1. The fourth-order valence-corrected chi connectivity index (χ4v) is 4.12. The Kier molecular flexibility index (Phi) is 6.02. The van der Waals surface area contributed by atoms with E-state index in [1.165, 1.54) is 18.4 Å². The second kappa shape index (κ2) is 8.23. The van der Waals surface area contributed by atoms with Gasteiger partial charge in [-0.1, -0.05) is 18.2 Å². The van der Waals surface area contributed by atoms with E-state index in [4.69, 9.17) is 5.11 Å². The maximum absolute atomic E-state index is 12.1. The van der Waals surface area contributed by atoms with Gasteiger partial charge in [-0.3, -0.25) is 14.5 Å². The lowest BCUT2D eigenvalue weighted by molar-refractivity contribution is -0.140. The van der Waals surface area contributed by atoms with Crippen molar-refractivity contribution in [1.82, 2.24) is 10.2 Å². The van der Waals surface area contributed by atoms with Crippen molar-refractivity contribution < 1.29 is 14.7 Å². The van der Waals surface area contributed by atoms with Gasteiger partial charge < -0.3 is 10.4 Å². The van der Waals surface area contributed by atoms with Gasteiger partial charge in [-0.25, -0.2) is 0 Å². The van der Waals surface area contributed by atoms with Gasteiger partial charge in [0.05, 0.1) is 12.3 Å². The molecule has 0 heterocycles. The summed E-state index contributed by atoms with van der Waals surface area (Å²) in [5.41, 5.74) is 1.19. The monoisotopic (exact) mass is 362 g/mol. The third-order valence-corrected chi connectivity index (χ3v) is 6.15. The molecule has 0 aromatic heterocycles. The summed E-state index contributed by atoms with van der Waals surface area (Å²) in [7, 11) is 0. The molecule has 0 saturated heterocycles. The number of amides is 1. The zero-order chi connectivity index (χ0) is 17.8. The Morgan fingerprint density at radius 3 is 2.64 bits per heavy atom. The third kappa shape index (κ3) is 5.47. The van der Waals surface area contributed by atoms with E-state index in [1.54, 1.807) is 11.8 Å². The Morgan fingerprint density at radius 1 is 1.28 bits per heavy atom. The molecule has 3 rings (SSSR count). The van der Waals surface area contributed by atoms with Crippen molar-refractivity contribution in [2.24, 2.45) is 5.92 Å². The molecule has 136 valence electrons. The first-order valence-electron chi connectivity index (χ1n) is 8.95. The van der Waals surface area contributed by atoms with Crippen LogP contribution in [-0.4, -0.2) is 52.8 Å². The van der Waals surface area contributed by atoms with Crippen LogP contribution in [0.3, 0.4) is 0 Å². The van der Waals surface area contributed by atoms with Crippen molar-refractivity contribution in [2.75, 3.05) is 18.8 Å². The standard InChI is InChI=1S/C19H26N2O3S/c1-13-4-2-3-5-17(13)25-12-18(22)20-15-8-16(9-15)21(11-19(23)24)10-14-6-7-14/h2-5,14-16H,6-12H2,1H3,(H,20,22)(H,23,24). The Balaban J connectivity index is 1.39. The smallest absolute Gasteiger partial charge is 0.317 e. The molecular formula is C19H26N2O3S. The molecule has 0 unspecified atom stereocenters. The highest BCUT2D eigenvalue weighted by atomic mass is 32.2. The summed E-state index contributed by atoms with van der Waals surface area (Å²) in [5, 5.41) is 12.2. The van der Waals surface area contributed by atoms with E-state index in [0.29, 0.717) is 17.7 Å². The first-order valence-corrected chi connectivity index (χ1v) is 9.93. The lowest BCUT2D eigenvalue weighted by Crippen LogP contribution is -2.55. The van der Waals surface area contributed by atoms with Crippen LogP contribution in [0.5, 0.6) is 0 Å². The van der Waals surface area contributed by atoms with E-state index < -0.39 is 5.97 Å². The van der Waals surface area contributed by atoms with Gasteiger partial charge in [-0.05, 0) is 50.2 Å². The molecule has 0 radical (unpaired) electrons. The molecule has 25 heavy (non-hydrogen) atoms. The zero-order valence-corrected chi connectivity index (χ0v) is 15.4. The second-order valence-electron chi connectivity index (χ2n) is 7.21. The van der Waals surface area contributed by atoms with Gasteiger partial charge in [-0.15, -0.1) is 11.8 Å². The lowest BCUT2D eigenvalue weighted by Gasteiger charge is -2.42. The Hall–Kier alpha value is -1.53. The van der Waals surface area contributed by atoms with Crippen LogP contribution in [0, 0.1) is 12.8 Å². The van der Waals surface area contributed by atoms with Crippen LogP contribution in [0.15, 0.2) is 29.2 Å². The van der Waals surface area contributed by atoms with Crippen LogP contribution in [0.25, 0.3) is 0 Å². The topological polar surface area (TPSA) is 69.6 Å². The number of hydrogen-bond donors (Lipinski definition) is 2.